The van der Waals surface area contributed by atoms with Crippen LogP contribution in [0.5, 0.6) is 0 Å². The molecule has 0 atom stereocenters. The first-order chi connectivity index (χ1) is 8.22. The molecule has 2 heterocycles. The summed E-state index contributed by atoms with van der Waals surface area (Å²) >= 11 is 0. The molecule has 0 aliphatic rings. The van der Waals surface area contributed by atoms with Crippen LogP contribution in [0.4, 0.5) is 5.82 Å². The van der Waals surface area contributed by atoms with Crippen LogP contribution in [-0.4, -0.2) is 27.5 Å². The monoisotopic (exact) mass is 230 g/mol. The van der Waals surface area contributed by atoms with Gasteiger partial charge in [-0.25, -0.2) is 9.97 Å². The molecule has 4 nitrogen and oxygen atoms in total. The first kappa shape index (κ1) is 11.6. The molecule has 4 heteroatoms. The minimum absolute atomic E-state index is 0.449. The number of hydrogen-bond acceptors (Lipinski definition) is 3. The van der Waals surface area contributed by atoms with Crippen molar-refractivity contribution in [3.05, 3.63) is 30.9 Å². The SMILES string of the molecule is CCN(c1cc(-c2cnc[nH]2)ccn1)C(C)C. The van der Waals surface area contributed by atoms with Crippen molar-refractivity contribution >= 4 is 5.82 Å². The number of anilines is 1. The lowest BCUT2D eigenvalue weighted by atomic mass is 10.2. The van der Waals surface area contributed by atoms with Crippen LogP contribution in [0.2, 0.25) is 0 Å². The second-order valence-electron chi connectivity index (χ2n) is 4.25. The molecule has 17 heavy (non-hydrogen) atoms. The molecular weight excluding hydrogens is 212 g/mol. The molecule has 0 aromatic carbocycles. The van der Waals surface area contributed by atoms with E-state index in [9.17, 15) is 0 Å². The van der Waals surface area contributed by atoms with E-state index in [1.54, 1.807) is 6.33 Å². The minimum atomic E-state index is 0.449. The average Bonchev–Trinajstić information content (AvgIpc) is 2.83. The van der Waals surface area contributed by atoms with E-state index in [0.717, 1.165) is 23.6 Å². The van der Waals surface area contributed by atoms with Crippen LogP contribution in [0.3, 0.4) is 0 Å². The summed E-state index contributed by atoms with van der Waals surface area (Å²) in [5.74, 6) is 1.01. The molecule has 2 aromatic rings. The Labute approximate surface area is 102 Å². The lowest BCUT2D eigenvalue weighted by molar-refractivity contribution is 0.693. The molecule has 0 fully saturated rings. The van der Waals surface area contributed by atoms with Crippen molar-refractivity contribution in [3.8, 4) is 11.3 Å². The fourth-order valence-corrected chi connectivity index (χ4v) is 1.95. The van der Waals surface area contributed by atoms with Crippen LogP contribution >= 0.6 is 0 Å². The Morgan fingerprint density at radius 2 is 2.24 bits per heavy atom. The summed E-state index contributed by atoms with van der Waals surface area (Å²) in [5.41, 5.74) is 2.14. The zero-order valence-electron chi connectivity index (χ0n) is 10.5. The van der Waals surface area contributed by atoms with Crippen molar-refractivity contribution in [1.29, 1.82) is 0 Å². The molecule has 0 spiro atoms. The van der Waals surface area contributed by atoms with Gasteiger partial charge in [-0.3, -0.25) is 0 Å². The van der Waals surface area contributed by atoms with E-state index < -0.39 is 0 Å². The summed E-state index contributed by atoms with van der Waals surface area (Å²) in [6.45, 7) is 7.45. The maximum Gasteiger partial charge on any atom is 0.129 e. The first-order valence-electron chi connectivity index (χ1n) is 5.93. The van der Waals surface area contributed by atoms with Gasteiger partial charge in [0.2, 0.25) is 0 Å². The third-order valence-electron chi connectivity index (χ3n) is 2.81. The highest BCUT2D eigenvalue weighted by Crippen LogP contribution is 2.21. The number of hydrogen-bond donors (Lipinski definition) is 1. The Hall–Kier alpha value is -1.84. The van der Waals surface area contributed by atoms with Crippen LogP contribution in [0.25, 0.3) is 11.3 Å². The van der Waals surface area contributed by atoms with Crippen molar-refractivity contribution in [1.82, 2.24) is 15.0 Å². The van der Waals surface area contributed by atoms with Crippen LogP contribution in [-0.2, 0) is 0 Å². The van der Waals surface area contributed by atoms with E-state index in [1.165, 1.54) is 0 Å². The Bertz CT molecular complexity index is 462. The average molecular weight is 230 g/mol. The smallest absolute Gasteiger partial charge is 0.129 e. The van der Waals surface area contributed by atoms with E-state index in [4.69, 9.17) is 0 Å². The predicted octanol–water partition coefficient (Wildman–Crippen LogP) is 2.71. The van der Waals surface area contributed by atoms with Gasteiger partial charge in [-0.1, -0.05) is 0 Å². The van der Waals surface area contributed by atoms with Gasteiger partial charge in [0.15, 0.2) is 0 Å². The van der Waals surface area contributed by atoms with E-state index in [1.807, 2.05) is 18.5 Å². The summed E-state index contributed by atoms with van der Waals surface area (Å²) in [4.78, 5) is 13.8. The molecule has 2 aromatic heterocycles. The van der Waals surface area contributed by atoms with Gasteiger partial charge in [0, 0.05) is 24.3 Å². The molecule has 0 aliphatic carbocycles. The lowest BCUT2D eigenvalue weighted by Gasteiger charge is -2.26. The van der Waals surface area contributed by atoms with Crippen molar-refractivity contribution in [3.63, 3.8) is 0 Å². The zero-order chi connectivity index (χ0) is 12.3. The number of aromatic amines is 1. The summed E-state index contributed by atoms with van der Waals surface area (Å²) < 4.78 is 0. The highest BCUT2D eigenvalue weighted by molar-refractivity contribution is 5.62. The van der Waals surface area contributed by atoms with Gasteiger partial charge in [0.05, 0.1) is 18.2 Å². The van der Waals surface area contributed by atoms with Crippen molar-refractivity contribution in [2.24, 2.45) is 0 Å². The van der Waals surface area contributed by atoms with Crippen molar-refractivity contribution in [2.45, 2.75) is 26.8 Å². The quantitative estimate of drug-likeness (QED) is 0.878. The Balaban J connectivity index is 2.34. The number of pyridine rings is 1. The van der Waals surface area contributed by atoms with E-state index in [-0.39, 0.29) is 0 Å². The minimum Gasteiger partial charge on any atom is -0.354 e. The molecule has 0 amide bonds. The van der Waals surface area contributed by atoms with E-state index in [0.29, 0.717) is 6.04 Å². The number of aromatic nitrogens is 3. The molecule has 2 rings (SSSR count). The molecule has 0 bridgehead atoms. The van der Waals surface area contributed by atoms with Gasteiger partial charge in [-0.05, 0) is 32.9 Å². The van der Waals surface area contributed by atoms with Crippen LogP contribution in [0.15, 0.2) is 30.9 Å². The number of imidazole rings is 1. The molecule has 0 aliphatic heterocycles. The number of rotatable bonds is 4. The molecule has 90 valence electrons. The normalized spacial score (nSPS) is 10.8. The second-order valence-corrected chi connectivity index (χ2v) is 4.25. The Kier molecular flexibility index (Phi) is 3.42. The molecule has 0 saturated heterocycles. The van der Waals surface area contributed by atoms with Crippen molar-refractivity contribution < 1.29 is 0 Å². The second kappa shape index (κ2) is 4.99. The van der Waals surface area contributed by atoms with Gasteiger partial charge in [0.25, 0.3) is 0 Å². The Morgan fingerprint density at radius 1 is 1.41 bits per heavy atom. The fourth-order valence-electron chi connectivity index (χ4n) is 1.95. The van der Waals surface area contributed by atoms with Gasteiger partial charge in [-0.15, -0.1) is 0 Å². The van der Waals surface area contributed by atoms with Gasteiger partial charge >= 0.3 is 0 Å². The van der Waals surface area contributed by atoms with E-state index in [2.05, 4.69) is 46.7 Å². The third-order valence-corrected chi connectivity index (χ3v) is 2.81. The van der Waals surface area contributed by atoms with Crippen LogP contribution in [0.1, 0.15) is 20.8 Å². The maximum atomic E-state index is 4.43. The molecular formula is C13H18N4. The number of nitrogens with zero attached hydrogens (tertiary/aromatic N) is 3. The maximum absolute atomic E-state index is 4.43. The summed E-state index contributed by atoms with van der Waals surface area (Å²) in [6, 6.07) is 4.53. The first-order valence-corrected chi connectivity index (χ1v) is 5.93. The fraction of sp³-hybridized carbons (Fsp3) is 0.385. The van der Waals surface area contributed by atoms with Crippen LogP contribution < -0.4 is 4.90 Å². The molecule has 0 saturated carbocycles. The number of H-pyrrole nitrogens is 1. The standard InChI is InChI=1S/C13H18N4/c1-4-17(10(2)3)13-7-11(5-6-15-13)12-8-14-9-16-12/h5-10H,4H2,1-3H3,(H,14,16). The zero-order valence-corrected chi connectivity index (χ0v) is 10.5. The van der Waals surface area contributed by atoms with Crippen molar-refractivity contribution in [2.75, 3.05) is 11.4 Å². The highest BCUT2D eigenvalue weighted by atomic mass is 15.2. The van der Waals surface area contributed by atoms with Gasteiger partial charge < -0.3 is 9.88 Å². The molecule has 0 radical (unpaired) electrons. The third kappa shape index (κ3) is 2.46. The topological polar surface area (TPSA) is 44.8 Å². The summed E-state index contributed by atoms with van der Waals surface area (Å²) in [7, 11) is 0. The van der Waals surface area contributed by atoms with Crippen LogP contribution in [0, 0.1) is 0 Å². The Morgan fingerprint density at radius 3 is 2.82 bits per heavy atom. The molecule has 1 N–H and O–H groups in total. The number of nitrogens with one attached hydrogen (secondary N) is 1. The van der Waals surface area contributed by atoms with Gasteiger partial charge in [-0.2, -0.15) is 0 Å². The highest BCUT2D eigenvalue weighted by Gasteiger charge is 2.10. The predicted molar refractivity (Wildman–Crippen MR) is 70.0 cm³/mol. The lowest BCUT2D eigenvalue weighted by Crippen LogP contribution is -2.31. The summed E-state index contributed by atoms with van der Waals surface area (Å²) in [6.07, 6.45) is 5.36. The van der Waals surface area contributed by atoms with E-state index >= 15 is 0 Å². The van der Waals surface area contributed by atoms with Gasteiger partial charge in [0.1, 0.15) is 5.82 Å². The molecule has 0 unspecified atom stereocenters. The largest absolute Gasteiger partial charge is 0.354 e. The summed E-state index contributed by atoms with van der Waals surface area (Å²) in [5, 5.41) is 0.